The average Bonchev–Trinajstić information content (AvgIpc) is 2.58. The zero-order valence-electron chi connectivity index (χ0n) is 12.4. The van der Waals surface area contributed by atoms with Crippen LogP contribution in [-0.2, 0) is 4.74 Å². The number of pyridine rings is 1. The Hall–Kier alpha value is -0.940. The van der Waals surface area contributed by atoms with Gasteiger partial charge in [0.25, 0.3) is 0 Å². The molecular weight excluding hydrogens is 324 g/mol. The monoisotopic (exact) mass is 346 g/mol. The number of aliphatic hydroxyl groups is 5. The van der Waals surface area contributed by atoms with Crippen molar-refractivity contribution in [2.45, 2.75) is 36.0 Å². The summed E-state index contributed by atoms with van der Waals surface area (Å²) in [4.78, 5) is 4.07. The lowest BCUT2D eigenvalue weighted by Gasteiger charge is -2.39. The normalized spacial score (nSPS) is 32.5. The Labute approximate surface area is 138 Å². The third-order valence-electron chi connectivity index (χ3n) is 3.49. The number of hydrogen-bond donors (Lipinski definition) is 6. The van der Waals surface area contributed by atoms with Crippen LogP contribution >= 0.6 is 11.8 Å². The quantitative estimate of drug-likeness (QED) is 0.344. The van der Waals surface area contributed by atoms with Crippen molar-refractivity contribution in [2.24, 2.45) is 0 Å². The van der Waals surface area contributed by atoms with Gasteiger partial charge in [0, 0.05) is 18.5 Å². The van der Waals surface area contributed by atoms with Crippen molar-refractivity contribution in [3.05, 3.63) is 24.4 Å². The molecule has 23 heavy (non-hydrogen) atoms. The lowest BCUT2D eigenvalue weighted by molar-refractivity contribution is -0.205. The number of thioether (sulfide) groups is 1. The number of rotatable bonds is 7. The van der Waals surface area contributed by atoms with Gasteiger partial charge in [-0.05, 0) is 12.1 Å². The highest BCUT2D eigenvalue weighted by Crippen LogP contribution is 2.28. The van der Waals surface area contributed by atoms with E-state index >= 15 is 0 Å². The first-order chi connectivity index (χ1) is 11.0. The van der Waals surface area contributed by atoms with E-state index in [1.807, 2.05) is 6.07 Å². The molecule has 1 aromatic rings. The van der Waals surface area contributed by atoms with Crippen LogP contribution in [0.25, 0.3) is 0 Å². The Bertz CT molecular complexity index is 466. The topological polar surface area (TPSA) is 135 Å². The predicted molar refractivity (Wildman–Crippen MR) is 85.0 cm³/mol. The van der Waals surface area contributed by atoms with E-state index in [1.165, 1.54) is 0 Å². The number of ether oxygens (including phenoxy) is 1. The van der Waals surface area contributed by atoms with E-state index in [-0.39, 0.29) is 12.3 Å². The summed E-state index contributed by atoms with van der Waals surface area (Å²) in [7, 11) is 0. The first kappa shape index (κ1) is 18.4. The molecule has 6 unspecified atom stereocenters. The molecule has 0 bridgehead atoms. The molecule has 0 aromatic carbocycles. The Morgan fingerprint density at radius 2 is 2.00 bits per heavy atom. The van der Waals surface area contributed by atoms with Gasteiger partial charge in [0.2, 0.25) is 0 Å². The van der Waals surface area contributed by atoms with E-state index in [0.29, 0.717) is 5.82 Å². The highest BCUT2D eigenvalue weighted by atomic mass is 32.2. The van der Waals surface area contributed by atoms with Crippen LogP contribution in [0.15, 0.2) is 24.4 Å². The van der Waals surface area contributed by atoms with E-state index < -0.39 is 42.6 Å². The van der Waals surface area contributed by atoms with Crippen LogP contribution in [0.4, 0.5) is 5.82 Å². The van der Waals surface area contributed by atoms with Gasteiger partial charge in [-0.3, -0.25) is 0 Å². The molecule has 2 rings (SSSR count). The summed E-state index contributed by atoms with van der Waals surface area (Å²) in [6, 6.07) is 5.39. The van der Waals surface area contributed by atoms with Crippen molar-refractivity contribution in [1.29, 1.82) is 0 Å². The number of aliphatic hydroxyl groups excluding tert-OH is 5. The molecule has 6 atom stereocenters. The Morgan fingerprint density at radius 3 is 2.65 bits per heavy atom. The van der Waals surface area contributed by atoms with Crippen molar-refractivity contribution < 1.29 is 30.3 Å². The molecule has 0 aliphatic carbocycles. The first-order valence-corrected chi connectivity index (χ1v) is 8.33. The zero-order chi connectivity index (χ0) is 16.8. The van der Waals surface area contributed by atoms with Gasteiger partial charge in [-0.25, -0.2) is 4.98 Å². The fourth-order valence-corrected chi connectivity index (χ4v) is 3.27. The second-order valence-corrected chi connectivity index (χ2v) is 6.41. The van der Waals surface area contributed by atoms with Crippen LogP contribution < -0.4 is 5.32 Å². The van der Waals surface area contributed by atoms with Crippen LogP contribution in [0.5, 0.6) is 0 Å². The molecule has 1 saturated heterocycles. The van der Waals surface area contributed by atoms with Crippen LogP contribution in [0, 0.1) is 0 Å². The van der Waals surface area contributed by atoms with Crippen molar-refractivity contribution in [2.75, 3.05) is 24.2 Å². The van der Waals surface area contributed by atoms with Crippen molar-refractivity contribution >= 4 is 17.6 Å². The molecule has 1 aliphatic heterocycles. The predicted octanol–water partition coefficient (Wildman–Crippen LogP) is -1.61. The minimum absolute atomic E-state index is 0.239. The van der Waals surface area contributed by atoms with Gasteiger partial charge in [-0.2, -0.15) is 0 Å². The van der Waals surface area contributed by atoms with Gasteiger partial charge < -0.3 is 35.6 Å². The van der Waals surface area contributed by atoms with Gasteiger partial charge in [-0.15, -0.1) is 11.8 Å². The minimum atomic E-state index is -1.40. The molecule has 0 radical (unpaired) electrons. The summed E-state index contributed by atoms with van der Waals surface area (Å²) in [5.74, 6) is 0.882. The largest absolute Gasteiger partial charge is 0.394 e. The standard InChI is InChI=1S/C14H22N2O6S/c17-6-9-11(19)12(20)13(21)14(22-9)23-7-8(18)5-16-10-3-1-2-4-15-10/h1-4,8-9,11-14,17-21H,5-7H2,(H,15,16). The fourth-order valence-electron chi connectivity index (χ4n) is 2.16. The highest BCUT2D eigenvalue weighted by molar-refractivity contribution is 7.99. The lowest BCUT2D eigenvalue weighted by atomic mass is 10.0. The molecule has 6 N–H and O–H groups in total. The molecule has 0 amide bonds. The SMILES string of the molecule is OCC1OC(SCC(O)CNc2ccccn2)C(O)C(O)C1O. The van der Waals surface area contributed by atoms with Crippen LogP contribution in [-0.4, -0.2) is 85.4 Å². The molecule has 1 aromatic heterocycles. The second-order valence-electron chi connectivity index (χ2n) is 5.28. The molecule has 0 spiro atoms. The van der Waals surface area contributed by atoms with Gasteiger partial charge in [0.05, 0.1) is 12.7 Å². The van der Waals surface area contributed by atoms with Crippen molar-refractivity contribution in [3.63, 3.8) is 0 Å². The molecule has 130 valence electrons. The Kier molecular flexibility index (Phi) is 7.03. The first-order valence-electron chi connectivity index (χ1n) is 7.28. The van der Waals surface area contributed by atoms with E-state index in [4.69, 9.17) is 9.84 Å². The van der Waals surface area contributed by atoms with Crippen molar-refractivity contribution in [1.82, 2.24) is 4.98 Å². The van der Waals surface area contributed by atoms with Gasteiger partial charge in [0.15, 0.2) is 0 Å². The van der Waals surface area contributed by atoms with E-state index in [9.17, 15) is 20.4 Å². The summed E-state index contributed by atoms with van der Waals surface area (Å²) in [5.41, 5.74) is -0.838. The summed E-state index contributed by atoms with van der Waals surface area (Å²) < 4.78 is 5.35. The maximum Gasteiger partial charge on any atom is 0.132 e. The summed E-state index contributed by atoms with van der Waals surface area (Å²) >= 11 is 1.11. The Balaban J connectivity index is 1.77. The third kappa shape index (κ3) is 5.01. The number of anilines is 1. The molecule has 1 fully saturated rings. The van der Waals surface area contributed by atoms with E-state index in [2.05, 4.69) is 10.3 Å². The maximum absolute atomic E-state index is 9.96. The summed E-state index contributed by atoms with van der Waals surface area (Å²) in [6.07, 6.45) is -4.10. The molecular formula is C14H22N2O6S. The molecule has 1 aliphatic rings. The second kappa shape index (κ2) is 8.78. The maximum atomic E-state index is 9.96. The average molecular weight is 346 g/mol. The van der Waals surface area contributed by atoms with E-state index in [1.54, 1.807) is 18.3 Å². The van der Waals surface area contributed by atoms with Gasteiger partial charge in [0.1, 0.15) is 35.7 Å². The highest BCUT2D eigenvalue weighted by Gasteiger charge is 2.43. The summed E-state index contributed by atoms with van der Waals surface area (Å²) in [5, 5.41) is 51.3. The van der Waals surface area contributed by atoms with Crippen LogP contribution in [0.3, 0.4) is 0 Å². The molecule has 9 heteroatoms. The zero-order valence-corrected chi connectivity index (χ0v) is 13.2. The van der Waals surface area contributed by atoms with Crippen LogP contribution in [0.1, 0.15) is 0 Å². The summed E-state index contributed by atoms with van der Waals surface area (Å²) in [6.45, 7) is -0.201. The molecule has 0 saturated carbocycles. The Morgan fingerprint density at radius 1 is 1.22 bits per heavy atom. The van der Waals surface area contributed by atoms with E-state index in [0.717, 1.165) is 11.8 Å². The fraction of sp³-hybridized carbons (Fsp3) is 0.643. The lowest BCUT2D eigenvalue weighted by Crippen LogP contribution is -2.57. The van der Waals surface area contributed by atoms with Gasteiger partial charge >= 0.3 is 0 Å². The third-order valence-corrected chi connectivity index (χ3v) is 4.78. The molecule has 2 heterocycles. The molecule has 8 nitrogen and oxygen atoms in total. The van der Waals surface area contributed by atoms with Crippen LogP contribution in [0.2, 0.25) is 0 Å². The number of nitrogens with one attached hydrogen (secondary N) is 1. The minimum Gasteiger partial charge on any atom is -0.394 e. The van der Waals surface area contributed by atoms with Crippen molar-refractivity contribution in [3.8, 4) is 0 Å². The van der Waals surface area contributed by atoms with Gasteiger partial charge in [-0.1, -0.05) is 6.07 Å². The number of aromatic nitrogens is 1. The number of hydrogen-bond acceptors (Lipinski definition) is 9. The smallest absolute Gasteiger partial charge is 0.132 e. The number of nitrogens with zero attached hydrogens (tertiary/aromatic N) is 1.